The van der Waals surface area contributed by atoms with E-state index in [1.165, 1.54) is 11.1 Å². The fourth-order valence-corrected chi connectivity index (χ4v) is 3.60. The quantitative estimate of drug-likeness (QED) is 0.611. The van der Waals surface area contributed by atoms with Gasteiger partial charge in [0, 0.05) is 19.0 Å². The molecule has 130 valence electrons. The van der Waals surface area contributed by atoms with Gasteiger partial charge >= 0.3 is 0 Å². The van der Waals surface area contributed by atoms with Gasteiger partial charge in [0.15, 0.2) is 0 Å². The van der Waals surface area contributed by atoms with Crippen LogP contribution in [0.25, 0.3) is 21.5 Å². The van der Waals surface area contributed by atoms with Crippen molar-refractivity contribution in [1.82, 2.24) is 9.88 Å². The molecule has 0 aliphatic heterocycles. The van der Waals surface area contributed by atoms with Crippen LogP contribution in [-0.2, 0) is 0 Å². The second kappa shape index (κ2) is 7.36. The number of aryl methyl sites for hydroxylation is 2. The Morgan fingerprint density at radius 3 is 2.64 bits per heavy atom. The van der Waals surface area contributed by atoms with Crippen molar-refractivity contribution >= 4 is 28.1 Å². The van der Waals surface area contributed by atoms with Crippen LogP contribution >= 0.6 is 11.3 Å². The van der Waals surface area contributed by atoms with E-state index in [-0.39, 0.29) is 5.91 Å². The molecule has 2 aromatic heterocycles. The van der Waals surface area contributed by atoms with Crippen LogP contribution in [0.2, 0.25) is 0 Å². The van der Waals surface area contributed by atoms with Gasteiger partial charge in [0.1, 0.15) is 0 Å². The third-order valence-electron chi connectivity index (χ3n) is 4.62. The molecule has 0 aliphatic carbocycles. The molecule has 3 nitrogen and oxygen atoms in total. The molecule has 0 saturated heterocycles. The molecule has 0 bridgehead atoms. The van der Waals surface area contributed by atoms with Gasteiger partial charge in [0.2, 0.25) is 0 Å². The summed E-state index contributed by atoms with van der Waals surface area (Å²) < 4.78 is 0. The number of amides is 1. The third kappa shape index (κ3) is 3.59. The number of unbranched alkanes of at least 4 members (excludes halogenated alkanes) is 1. The number of carbonyl (C=O) groups is 1. The van der Waals surface area contributed by atoms with E-state index >= 15 is 0 Å². The first-order chi connectivity index (χ1) is 12.0. The maximum Gasteiger partial charge on any atom is 0.254 e. The Hall–Kier alpha value is -2.20. The van der Waals surface area contributed by atoms with E-state index in [2.05, 4.69) is 39.0 Å². The standard InChI is InChI=1S/C21H24N2OS/c1-5-6-9-23(4)21(24)17-13-19(20-8-7-10-25-20)22-18-12-15(3)14(2)11-16(17)18/h7-8,10-13H,5-6,9H2,1-4H3. The first-order valence-corrected chi connectivity index (χ1v) is 9.60. The first-order valence-electron chi connectivity index (χ1n) is 8.72. The van der Waals surface area contributed by atoms with E-state index < -0.39 is 0 Å². The molecule has 0 saturated carbocycles. The van der Waals surface area contributed by atoms with Crippen molar-refractivity contribution < 1.29 is 4.79 Å². The van der Waals surface area contributed by atoms with Gasteiger partial charge in [0.05, 0.1) is 21.7 Å². The van der Waals surface area contributed by atoms with Gasteiger partial charge in [-0.25, -0.2) is 4.98 Å². The number of benzene rings is 1. The monoisotopic (exact) mass is 352 g/mol. The van der Waals surface area contributed by atoms with Crippen LogP contribution in [0.15, 0.2) is 35.7 Å². The Bertz CT molecular complexity index is 900. The normalized spacial score (nSPS) is 11.0. The van der Waals surface area contributed by atoms with Crippen molar-refractivity contribution in [3.05, 3.63) is 52.4 Å². The molecule has 1 aromatic carbocycles. The molecule has 2 heterocycles. The van der Waals surface area contributed by atoms with Crippen molar-refractivity contribution in [1.29, 1.82) is 0 Å². The topological polar surface area (TPSA) is 33.2 Å². The lowest BCUT2D eigenvalue weighted by Crippen LogP contribution is -2.28. The first kappa shape index (κ1) is 17.6. The lowest BCUT2D eigenvalue weighted by molar-refractivity contribution is 0.0795. The molecule has 0 N–H and O–H groups in total. The van der Waals surface area contributed by atoms with E-state index in [4.69, 9.17) is 4.98 Å². The summed E-state index contributed by atoms with van der Waals surface area (Å²) in [6.07, 6.45) is 2.09. The Labute approximate surface area is 153 Å². The van der Waals surface area contributed by atoms with E-state index in [0.717, 1.165) is 46.4 Å². The van der Waals surface area contributed by atoms with Crippen LogP contribution in [0.5, 0.6) is 0 Å². The second-order valence-electron chi connectivity index (χ2n) is 6.57. The maximum atomic E-state index is 13.1. The highest BCUT2D eigenvalue weighted by atomic mass is 32.1. The minimum Gasteiger partial charge on any atom is -0.342 e. The third-order valence-corrected chi connectivity index (χ3v) is 5.51. The van der Waals surface area contributed by atoms with Gasteiger partial charge < -0.3 is 4.90 Å². The summed E-state index contributed by atoms with van der Waals surface area (Å²) in [5.41, 5.74) is 4.89. The second-order valence-corrected chi connectivity index (χ2v) is 7.51. The molecule has 0 spiro atoms. The molecule has 3 aromatic rings. The Balaban J connectivity index is 2.17. The van der Waals surface area contributed by atoms with Crippen molar-refractivity contribution in [2.24, 2.45) is 0 Å². The average molecular weight is 353 g/mol. The zero-order valence-electron chi connectivity index (χ0n) is 15.3. The van der Waals surface area contributed by atoms with Crippen LogP contribution in [0.3, 0.4) is 0 Å². The average Bonchev–Trinajstić information content (AvgIpc) is 3.14. The Morgan fingerprint density at radius 1 is 1.20 bits per heavy atom. The van der Waals surface area contributed by atoms with Gasteiger partial charge in [-0.2, -0.15) is 0 Å². The van der Waals surface area contributed by atoms with Gasteiger partial charge in [-0.15, -0.1) is 11.3 Å². The molecule has 1 amide bonds. The molecule has 3 rings (SSSR count). The minimum atomic E-state index is 0.0712. The van der Waals surface area contributed by atoms with Gasteiger partial charge in [-0.3, -0.25) is 4.79 Å². The van der Waals surface area contributed by atoms with Crippen LogP contribution in [0, 0.1) is 13.8 Å². The van der Waals surface area contributed by atoms with E-state index in [0.29, 0.717) is 0 Å². The highest BCUT2D eigenvalue weighted by Gasteiger charge is 2.18. The number of rotatable bonds is 5. The molecule has 0 fully saturated rings. The van der Waals surface area contributed by atoms with Crippen molar-refractivity contribution in [2.45, 2.75) is 33.6 Å². The largest absolute Gasteiger partial charge is 0.342 e. The molecular formula is C21H24N2OS. The lowest BCUT2D eigenvalue weighted by Gasteiger charge is -2.19. The smallest absolute Gasteiger partial charge is 0.254 e. The predicted octanol–water partition coefficient (Wildman–Crippen LogP) is 5.45. The number of nitrogens with zero attached hydrogens (tertiary/aromatic N) is 2. The summed E-state index contributed by atoms with van der Waals surface area (Å²) in [5, 5.41) is 2.98. The maximum absolute atomic E-state index is 13.1. The van der Waals surface area contributed by atoms with E-state index in [1.807, 2.05) is 29.5 Å². The van der Waals surface area contributed by atoms with Crippen molar-refractivity contribution in [3.63, 3.8) is 0 Å². The molecule has 4 heteroatoms. The SMILES string of the molecule is CCCCN(C)C(=O)c1cc(-c2cccs2)nc2cc(C)c(C)cc12. The molecule has 25 heavy (non-hydrogen) atoms. The Morgan fingerprint density at radius 2 is 1.96 bits per heavy atom. The van der Waals surface area contributed by atoms with Gasteiger partial charge in [0.25, 0.3) is 5.91 Å². The molecule has 0 aliphatic rings. The van der Waals surface area contributed by atoms with Gasteiger partial charge in [-0.05, 0) is 61.0 Å². The molecule has 0 radical (unpaired) electrons. The zero-order valence-corrected chi connectivity index (χ0v) is 16.1. The molecule has 0 unspecified atom stereocenters. The summed E-state index contributed by atoms with van der Waals surface area (Å²) in [7, 11) is 1.89. The summed E-state index contributed by atoms with van der Waals surface area (Å²) in [6.45, 7) is 7.08. The number of aromatic nitrogens is 1. The predicted molar refractivity (Wildman–Crippen MR) is 106 cm³/mol. The molecular weight excluding hydrogens is 328 g/mol. The lowest BCUT2D eigenvalue weighted by atomic mass is 10.0. The van der Waals surface area contributed by atoms with Crippen molar-refractivity contribution in [2.75, 3.05) is 13.6 Å². The zero-order chi connectivity index (χ0) is 18.0. The molecule has 0 atom stereocenters. The van der Waals surface area contributed by atoms with E-state index in [1.54, 1.807) is 11.3 Å². The number of fused-ring (bicyclic) bond motifs is 1. The van der Waals surface area contributed by atoms with Crippen LogP contribution in [0.4, 0.5) is 0 Å². The highest BCUT2D eigenvalue weighted by molar-refractivity contribution is 7.13. The Kier molecular flexibility index (Phi) is 5.19. The number of carbonyl (C=O) groups excluding carboxylic acids is 1. The fraction of sp³-hybridized carbons (Fsp3) is 0.333. The van der Waals surface area contributed by atoms with Crippen LogP contribution in [0.1, 0.15) is 41.3 Å². The van der Waals surface area contributed by atoms with Crippen LogP contribution in [-0.4, -0.2) is 29.4 Å². The summed E-state index contributed by atoms with van der Waals surface area (Å²) in [4.78, 5) is 20.8. The summed E-state index contributed by atoms with van der Waals surface area (Å²) >= 11 is 1.65. The number of pyridine rings is 1. The summed E-state index contributed by atoms with van der Waals surface area (Å²) in [5.74, 6) is 0.0712. The number of hydrogen-bond donors (Lipinski definition) is 0. The van der Waals surface area contributed by atoms with Gasteiger partial charge in [-0.1, -0.05) is 19.4 Å². The van der Waals surface area contributed by atoms with E-state index in [9.17, 15) is 4.79 Å². The number of thiophene rings is 1. The fourth-order valence-electron chi connectivity index (χ4n) is 2.92. The van der Waals surface area contributed by atoms with Crippen molar-refractivity contribution in [3.8, 4) is 10.6 Å². The highest BCUT2D eigenvalue weighted by Crippen LogP contribution is 2.30. The minimum absolute atomic E-state index is 0.0712. The van der Waals surface area contributed by atoms with Crippen LogP contribution < -0.4 is 0 Å². The summed E-state index contributed by atoms with van der Waals surface area (Å²) in [6, 6.07) is 10.2. The number of hydrogen-bond acceptors (Lipinski definition) is 3.